The lowest BCUT2D eigenvalue weighted by Gasteiger charge is -2.05. The summed E-state index contributed by atoms with van der Waals surface area (Å²) in [4.78, 5) is 29.8. The summed E-state index contributed by atoms with van der Waals surface area (Å²) in [6, 6.07) is 17.2. The third kappa shape index (κ3) is 3.81. The maximum Gasteiger partial charge on any atom is 0.326 e. The topological polar surface area (TPSA) is 78.5 Å². The van der Waals surface area contributed by atoms with Crippen LogP contribution in [0.2, 0.25) is 0 Å². The van der Waals surface area contributed by atoms with Crippen LogP contribution in [0.3, 0.4) is 0 Å². The first-order valence-electron chi connectivity index (χ1n) is 9.51. The summed E-state index contributed by atoms with van der Waals surface area (Å²) in [7, 11) is 0. The molecule has 0 aliphatic carbocycles. The fourth-order valence-corrected chi connectivity index (χ4v) is 4.22. The highest BCUT2D eigenvalue weighted by Gasteiger charge is 2.16. The number of rotatable bonds is 5. The summed E-state index contributed by atoms with van der Waals surface area (Å²) in [6.07, 6.45) is 1.52. The Morgan fingerprint density at radius 2 is 1.83 bits per heavy atom. The van der Waals surface area contributed by atoms with Crippen molar-refractivity contribution in [1.29, 1.82) is 0 Å². The van der Waals surface area contributed by atoms with Gasteiger partial charge in [0.25, 0.3) is 5.91 Å². The molecule has 0 saturated carbocycles. The van der Waals surface area contributed by atoms with E-state index in [1.165, 1.54) is 17.5 Å². The van der Waals surface area contributed by atoms with E-state index in [1.807, 2.05) is 61.5 Å². The second-order valence-electron chi connectivity index (χ2n) is 6.55. The molecular formula is C22H20N4O3S. The molecule has 7 nitrogen and oxygen atoms in total. The number of carbonyl (C=O) groups excluding carboxylic acids is 2. The van der Waals surface area contributed by atoms with Gasteiger partial charge in [-0.25, -0.2) is 4.68 Å². The average Bonchev–Trinajstić information content (AvgIpc) is 3.29. The Labute approximate surface area is 176 Å². The summed E-state index contributed by atoms with van der Waals surface area (Å²) in [5.74, 6) is -0.776. The van der Waals surface area contributed by atoms with E-state index in [0.29, 0.717) is 22.7 Å². The van der Waals surface area contributed by atoms with Crippen molar-refractivity contribution in [2.45, 2.75) is 20.4 Å². The zero-order chi connectivity index (χ0) is 21.1. The number of nitrogens with zero attached hydrogens (tertiary/aromatic N) is 4. The Bertz CT molecular complexity index is 1280. The molecule has 30 heavy (non-hydrogen) atoms. The van der Waals surface area contributed by atoms with E-state index in [1.54, 1.807) is 16.2 Å². The van der Waals surface area contributed by atoms with E-state index in [0.717, 1.165) is 15.9 Å². The number of carbonyl (C=O) groups is 2. The standard InChI is InChI=1S/C22H20N4O3S/c1-3-29-20(27)14-25-18-11-7-8-12-19(18)30-22(25)24-21(28)17-13-23-26(15(17)2)16-9-5-4-6-10-16/h4-13H,3,14H2,1-2H3. The van der Waals surface area contributed by atoms with E-state index in [-0.39, 0.29) is 12.5 Å². The van der Waals surface area contributed by atoms with Gasteiger partial charge in [0.15, 0.2) is 4.80 Å². The second-order valence-corrected chi connectivity index (χ2v) is 7.56. The largest absolute Gasteiger partial charge is 0.465 e. The van der Waals surface area contributed by atoms with Crippen LogP contribution in [-0.4, -0.2) is 32.8 Å². The lowest BCUT2D eigenvalue weighted by molar-refractivity contribution is -0.143. The number of fused-ring (bicyclic) bond motifs is 1. The number of hydrogen-bond acceptors (Lipinski definition) is 5. The SMILES string of the molecule is CCOC(=O)Cn1c(=NC(=O)c2cnn(-c3ccccc3)c2C)sc2ccccc21. The maximum absolute atomic E-state index is 13.0. The van der Waals surface area contributed by atoms with Crippen LogP contribution in [0.25, 0.3) is 15.9 Å². The summed E-state index contributed by atoms with van der Waals surface area (Å²) in [5, 5.41) is 4.34. The molecule has 0 atom stereocenters. The summed E-state index contributed by atoms with van der Waals surface area (Å²) in [5.41, 5.74) is 2.82. The molecule has 0 aliphatic heterocycles. The Morgan fingerprint density at radius 1 is 1.10 bits per heavy atom. The lowest BCUT2D eigenvalue weighted by atomic mass is 10.2. The molecule has 4 aromatic rings. The summed E-state index contributed by atoms with van der Waals surface area (Å²) in [6.45, 7) is 3.88. The Morgan fingerprint density at radius 3 is 2.60 bits per heavy atom. The van der Waals surface area contributed by atoms with Gasteiger partial charge in [-0.05, 0) is 38.1 Å². The van der Waals surface area contributed by atoms with Crippen molar-refractivity contribution in [2.75, 3.05) is 6.61 Å². The molecular weight excluding hydrogens is 400 g/mol. The van der Waals surface area contributed by atoms with Crippen LogP contribution in [0.15, 0.2) is 65.8 Å². The number of benzene rings is 2. The van der Waals surface area contributed by atoms with Crippen LogP contribution in [-0.2, 0) is 16.1 Å². The van der Waals surface area contributed by atoms with E-state index >= 15 is 0 Å². The minimum absolute atomic E-state index is 0.00771. The van der Waals surface area contributed by atoms with Gasteiger partial charge in [-0.3, -0.25) is 9.59 Å². The Kier molecular flexibility index (Phi) is 5.58. The first kappa shape index (κ1) is 19.8. The van der Waals surface area contributed by atoms with Crippen LogP contribution in [0.4, 0.5) is 0 Å². The van der Waals surface area contributed by atoms with Crippen LogP contribution < -0.4 is 4.80 Å². The van der Waals surface area contributed by atoms with Gasteiger partial charge in [0.1, 0.15) is 6.54 Å². The zero-order valence-electron chi connectivity index (χ0n) is 16.6. The molecule has 0 radical (unpaired) electrons. The molecule has 4 rings (SSSR count). The van der Waals surface area contributed by atoms with Crippen LogP contribution >= 0.6 is 11.3 Å². The van der Waals surface area contributed by atoms with Crippen molar-refractivity contribution in [3.05, 3.63) is 76.9 Å². The third-order valence-corrected chi connectivity index (χ3v) is 5.68. The second kappa shape index (κ2) is 8.46. The predicted molar refractivity (Wildman–Crippen MR) is 115 cm³/mol. The molecule has 152 valence electrons. The van der Waals surface area contributed by atoms with Crippen molar-refractivity contribution in [2.24, 2.45) is 4.99 Å². The first-order valence-corrected chi connectivity index (χ1v) is 10.3. The minimum atomic E-state index is -0.404. The van der Waals surface area contributed by atoms with Gasteiger partial charge >= 0.3 is 5.97 Å². The number of para-hydroxylation sites is 2. The predicted octanol–water partition coefficient (Wildman–Crippen LogP) is 3.50. The highest BCUT2D eigenvalue weighted by atomic mass is 32.1. The van der Waals surface area contributed by atoms with E-state index in [4.69, 9.17) is 4.74 Å². The van der Waals surface area contributed by atoms with Gasteiger partial charge in [-0.15, -0.1) is 0 Å². The molecule has 0 spiro atoms. The molecule has 2 heterocycles. The van der Waals surface area contributed by atoms with Gasteiger partial charge in [0, 0.05) is 0 Å². The van der Waals surface area contributed by atoms with Crippen LogP contribution in [0.5, 0.6) is 0 Å². The molecule has 0 fully saturated rings. The number of aromatic nitrogens is 3. The smallest absolute Gasteiger partial charge is 0.326 e. The highest BCUT2D eigenvalue weighted by Crippen LogP contribution is 2.18. The minimum Gasteiger partial charge on any atom is -0.465 e. The number of amides is 1. The summed E-state index contributed by atoms with van der Waals surface area (Å²) < 4.78 is 9.44. The Balaban J connectivity index is 1.76. The molecule has 0 aliphatic rings. The fourth-order valence-electron chi connectivity index (χ4n) is 3.19. The molecule has 0 N–H and O–H groups in total. The van der Waals surface area contributed by atoms with E-state index in [2.05, 4.69) is 10.1 Å². The maximum atomic E-state index is 13.0. The summed E-state index contributed by atoms with van der Waals surface area (Å²) >= 11 is 1.36. The average molecular weight is 420 g/mol. The molecule has 0 saturated heterocycles. The zero-order valence-corrected chi connectivity index (χ0v) is 17.4. The molecule has 8 heteroatoms. The number of thiazole rings is 1. The van der Waals surface area contributed by atoms with Crippen LogP contribution in [0.1, 0.15) is 23.0 Å². The lowest BCUT2D eigenvalue weighted by Crippen LogP contribution is -2.23. The molecule has 2 aromatic carbocycles. The number of hydrogen-bond donors (Lipinski definition) is 0. The molecule has 2 aromatic heterocycles. The van der Waals surface area contributed by atoms with E-state index < -0.39 is 5.91 Å². The van der Waals surface area contributed by atoms with Crippen molar-refractivity contribution in [1.82, 2.24) is 14.3 Å². The van der Waals surface area contributed by atoms with Gasteiger partial charge in [0.05, 0.1) is 40.0 Å². The Hall–Kier alpha value is -3.52. The number of ether oxygens (including phenoxy) is 1. The van der Waals surface area contributed by atoms with Gasteiger partial charge in [-0.2, -0.15) is 10.1 Å². The molecule has 0 unspecified atom stereocenters. The van der Waals surface area contributed by atoms with Gasteiger partial charge in [0.2, 0.25) is 0 Å². The van der Waals surface area contributed by atoms with Crippen molar-refractivity contribution >= 4 is 33.4 Å². The first-order chi connectivity index (χ1) is 14.6. The molecule has 0 bridgehead atoms. The molecule has 1 amide bonds. The normalized spacial score (nSPS) is 11.7. The monoisotopic (exact) mass is 420 g/mol. The van der Waals surface area contributed by atoms with Crippen molar-refractivity contribution < 1.29 is 14.3 Å². The van der Waals surface area contributed by atoms with E-state index in [9.17, 15) is 9.59 Å². The highest BCUT2D eigenvalue weighted by molar-refractivity contribution is 7.16. The number of esters is 1. The van der Waals surface area contributed by atoms with Crippen LogP contribution in [0, 0.1) is 6.92 Å². The quantitative estimate of drug-likeness (QED) is 0.463. The van der Waals surface area contributed by atoms with Gasteiger partial charge in [-0.1, -0.05) is 41.7 Å². The third-order valence-electron chi connectivity index (χ3n) is 4.62. The van der Waals surface area contributed by atoms with Crippen molar-refractivity contribution in [3.63, 3.8) is 0 Å². The van der Waals surface area contributed by atoms with Gasteiger partial charge < -0.3 is 9.30 Å². The fraction of sp³-hybridized carbons (Fsp3) is 0.182. The van der Waals surface area contributed by atoms with Crippen molar-refractivity contribution in [3.8, 4) is 5.69 Å².